The Morgan fingerprint density at radius 2 is 2.10 bits per heavy atom. The zero-order chi connectivity index (χ0) is 14.2. The molecule has 0 spiro atoms. The van der Waals surface area contributed by atoms with E-state index in [1.165, 1.54) is 28.8 Å². The number of nitrogens with zero attached hydrogens (tertiary/aromatic N) is 3. The number of hydrogen-bond acceptors (Lipinski definition) is 4. The summed E-state index contributed by atoms with van der Waals surface area (Å²) in [5.41, 5.74) is 3.59. The minimum Gasteiger partial charge on any atom is -0.299 e. The maximum Gasteiger partial charge on any atom is 0.116 e. The third-order valence-corrected chi connectivity index (χ3v) is 5.05. The molecule has 1 radical (unpaired) electrons. The second-order valence-corrected chi connectivity index (χ2v) is 6.71. The van der Waals surface area contributed by atoms with Crippen molar-refractivity contribution in [2.45, 2.75) is 25.4 Å². The first-order chi connectivity index (χ1) is 10.3. The molecule has 0 unspecified atom stereocenters. The van der Waals surface area contributed by atoms with Crippen LogP contribution in [0.4, 0.5) is 0 Å². The molecule has 0 aliphatic heterocycles. The smallest absolute Gasteiger partial charge is 0.116 e. The van der Waals surface area contributed by atoms with Gasteiger partial charge in [0.15, 0.2) is 0 Å². The van der Waals surface area contributed by atoms with Gasteiger partial charge in [-0.2, -0.15) is 0 Å². The molecule has 0 atom stereocenters. The van der Waals surface area contributed by atoms with E-state index in [1.54, 1.807) is 17.7 Å². The van der Waals surface area contributed by atoms with Crippen molar-refractivity contribution in [2.24, 2.45) is 0 Å². The maximum absolute atomic E-state index is 4.27. The summed E-state index contributed by atoms with van der Waals surface area (Å²) in [5, 5.41) is 0. The van der Waals surface area contributed by atoms with Crippen LogP contribution in [0.1, 0.15) is 18.4 Å². The van der Waals surface area contributed by atoms with Gasteiger partial charge in [0.25, 0.3) is 0 Å². The number of fused-ring (bicyclic) bond motifs is 1. The Kier molecular flexibility index (Phi) is 3.20. The Balaban J connectivity index is 1.57. The van der Waals surface area contributed by atoms with Gasteiger partial charge in [-0.3, -0.25) is 4.90 Å². The lowest BCUT2D eigenvalue weighted by Crippen LogP contribution is -2.19. The maximum atomic E-state index is 4.27. The van der Waals surface area contributed by atoms with E-state index in [-0.39, 0.29) is 0 Å². The number of thiophene rings is 1. The normalized spacial score (nSPS) is 15.0. The summed E-state index contributed by atoms with van der Waals surface area (Å²) in [6, 6.07) is 11.8. The summed E-state index contributed by atoms with van der Waals surface area (Å²) in [7, 11) is 2.21. The molecule has 1 aliphatic carbocycles. The molecule has 0 N–H and O–H groups in total. The summed E-state index contributed by atoms with van der Waals surface area (Å²) >= 11 is 1.69. The van der Waals surface area contributed by atoms with Crippen LogP contribution in [-0.2, 0) is 6.54 Å². The van der Waals surface area contributed by atoms with Crippen LogP contribution in [0.2, 0.25) is 0 Å². The molecule has 0 amide bonds. The molecule has 105 valence electrons. The van der Waals surface area contributed by atoms with Gasteiger partial charge in [-0.05, 0) is 37.1 Å². The Hall–Kier alpha value is -1.78. The van der Waals surface area contributed by atoms with Crippen LogP contribution in [0.3, 0.4) is 0 Å². The first-order valence-corrected chi connectivity index (χ1v) is 8.03. The fourth-order valence-corrected chi connectivity index (χ4v) is 3.54. The average molecular weight is 294 g/mol. The zero-order valence-electron chi connectivity index (χ0n) is 11.9. The third kappa shape index (κ3) is 2.69. The number of hydrogen-bond donors (Lipinski definition) is 0. The molecule has 3 aromatic rings. The van der Waals surface area contributed by atoms with E-state index in [0.29, 0.717) is 0 Å². The minimum absolute atomic E-state index is 0.807. The number of aromatic nitrogens is 2. The number of rotatable bonds is 4. The molecular weight excluding hydrogens is 278 g/mol. The van der Waals surface area contributed by atoms with E-state index >= 15 is 0 Å². The quantitative estimate of drug-likeness (QED) is 0.734. The van der Waals surface area contributed by atoms with Crippen molar-refractivity contribution in [3.8, 4) is 10.4 Å². The SMILES string of the molecule is CN(Cc1ccc(-c2cc3ncn[c]c3s2)cc1)C1CC1. The zero-order valence-corrected chi connectivity index (χ0v) is 12.7. The predicted octanol–water partition coefficient (Wildman–Crippen LogP) is 3.75. The van der Waals surface area contributed by atoms with Crippen LogP contribution in [0.25, 0.3) is 20.7 Å². The Morgan fingerprint density at radius 1 is 1.29 bits per heavy atom. The second-order valence-electron chi connectivity index (χ2n) is 5.65. The van der Waals surface area contributed by atoms with Gasteiger partial charge < -0.3 is 0 Å². The highest BCUT2D eigenvalue weighted by Gasteiger charge is 2.25. The molecule has 1 aliphatic rings. The summed E-state index contributed by atoms with van der Waals surface area (Å²) < 4.78 is 1.02. The second kappa shape index (κ2) is 5.20. The lowest BCUT2D eigenvalue weighted by atomic mass is 10.1. The van der Waals surface area contributed by atoms with E-state index < -0.39 is 0 Å². The Bertz CT molecular complexity index is 726. The Morgan fingerprint density at radius 3 is 2.81 bits per heavy atom. The molecule has 1 aromatic carbocycles. The van der Waals surface area contributed by atoms with Gasteiger partial charge in [0.1, 0.15) is 12.5 Å². The molecule has 0 bridgehead atoms. The van der Waals surface area contributed by atoms with Crippen LogP contribution in [0.15, 0.2) is 36.7 Å². The van der Waals surface area contributed by atoms with Crippen molar-refractivity contribution in [3.05, 3.63) is 48.4 Å². The third-order valence-electron chi connectivity index (χ3n) is 3.97. The monoisotopic (exact) mass is 294 g/mol. The highest BCUT2D eigenvalue weighted by molar-refractivity contribution is 7.22. The molecule has 4 rings (SSSR count). The van der Waals surface area contributed by atoms with Gasteiger partial charge in [0.2, 0.25) is 0 Å². The fraction of sp³-hybridized carbons (Fsp3) is 0.294. The molecule has 3 nitrogen and oxygen atoms in total. The van der Waals surface area contributed by atoms with Gasteiger partial charge in [-0.15, -0.1) is 11.3 Å². The van der Waals surface area contributed by atoms with Crippen LogP contribution in [-0.4, -0.2) is 28.0 Å². The molecular formula is C17H16N3S. The van der Waals surface area contributed by atoms with E-state index in [1.807, 2.05) is 0 Å². The van der Waals surface area contributed by atoms with Crippen molar-refractivity contribution in [1.29, 1.82) is 0 Å². The van der Waals surface area contributed by atoms with Gasteiger partial charge in [-0.1, -0.05) is 24.3 Å². The average Bonchev–Trinajstić information content (AvgIpc) is 3.27. The van der Waals surface area contributed by atoms with Gasteiger partial charge in [0.05, 0.1) is 10.2 Å². The van der Waals surface area contributed by atoms with Crippen LogP contribution in [0, 0.1) is 6.20 Å². The summed E-state index contributed by atoms with van der Waals surface area (Å²) in [5.74, 6) is 0. The topological polar surface area (TPSA) is 29.0 Å². The Labute approximate surface area is 128 Å². The standard InChI is InChI=1S/C17H16N3S/c1-20(14-6-7-14)10-12-2-4-13(5-3-12)16-8-15-17(21-16)9-18-11-19-15/h2-5,8,11,14H,6-7,10H2,1H3. The predicted molar refractivity (Wildman–Crippen MR) is 86.2 cm³/mol. The van der Waals surface area contributed by atoms with E-state index in [9.17, 15) is 0 Å². The van der Waals surface area contributed by atoms with Crippen molar-refractivity contribution < 1.29 is 0 Å². The molecule has 2 heterocycles. The van der Waals surface area contributed by atoms with E-state index in [4.69, 9.17) is 0 Å². The van der Waals surface area contributed by atoms with Gasteiger partial charge >= 0.3 is 0 Å². The van der Waals surface area contributed by atoms with Crippen molar-refractivity contribution in [3.63, 3.8) is 0 Å². The first kappa shape index (κ1) is 12.9. The summed E-state index contributed by atoms with van der Waals surface area (Å²) in [6.07, 6.45) is 7.26. The molecule has 2 aromatic heterocycles. The highest BCUT2D eigenvalue weighted by Crippen LogP contribution is 2.32. The van der Waals surface area contributed by atoms with Gasteiger partial charge in [-0.25, -0.2) is 9.97 Å². The molecule has 1 fully saturated rings. The minimum atomic E-state index is 0.807. The lowest BCUT2D eigenvalue weighted by Gasteiger charge is -2.15. The molecule has 21 heavy (non-hydrogen) atoms. The fourth-order valence-electron chi connectivity index (χ4n) is 2.59. The molecule has 0 saturated heterocycles. The first-order valence-electron chi connectivity index (χ1n) is 7.21. The summed E-state index contributed by atoms with van der Waals surface area (Å²) in [6.45, 7) is 1.04. The number of benzene rings is 1. The van der Waals surface area contributed by atoms with Crippen LogP contribution >= 0.6 is 11.3 Å². The van der Waals surface area contributed by atoms with E-state index in [0.717, 1.165) is 22.8 Å². The van der Waals surface area contributed by atoms with E-state index in [2.05, 4.69) is 58.4 Å². The highest BCUT2D eigenvalue weighted by atomic mass is 32.1. The van der Waals surface area contributed by atoms with Gasteiger partial charge in [0, 0.05) is 17.5 Å². The largest absolute Gasteiger partial charge is 0.299 e. The summed E-state index contributed by atoms with van der Waals surface area (Å²) in [4.78, 5) is 11.9. The van der Waals surface area contributed by atoms with Crippen molar-refractivity contribution in [2.75, 3.05) is 7.05 Å². The molecule has 1 saturated carbocycles. The van der Waals surface area contributed by atoms with Crippen molar-refractivity contribution >= 4 is 21.6 Å². The lowest BCUT2D eigenvalue weighted by molar-refractivity contribution is 0.316. The van der Waals surface area contributed by atoms with Crippen LogP contribution in [0.5, 0.6) is 0 Å². The molecule has 4 heteroatoms. The van der Waals surface area contributed by atoms with Crippen LogP contribution < -0.4 is 0 Å². The van der Waals surface area contributed by atoms with Crippen molar-refractivity contribution in [1.82, 2.24) is 14.9 Å².